The van der Waals surface area contributed by atoms with E-state index in [0.29, 0.717) is 45.0 Å². The highest BCUT2D eigenvalue weighted by Gasteiger charge is 2.37. The molecule has 20 heteroatoms. The van der Waals surface area contributed by atoms with E-state index >= 15 is 4.39 Å². The third kappa shape index (κ3) is 11.1. The highest BCUT2D eigenvalue weighted by Crippen LogP contribution is 2.37. The van der Waals surface area contributed by atoms with Crippen LogP contribution >= 0.6 is 0 Å². The summed E-state index contributed by atoms with van der Waals surface area (Å²) in [6.45, 7) is 4.26. The number of imide groups is 1. The number of nitrogens with one attached hydrogen (secondary N) is 2. The Morgan fingerprint density at radius 3 is 2.44 bits per heavy atom. The largest absolute Gasteiger partial charge is 0.419 e. The average Bonchev–Trinajstić information content (AvgIpc) is 3.70. The van der Waals surface area contributed by atoms with Crippen LogP contribution < -0.4 is 10.6 Å². The predicted octanol–water partition coefficient (Wildman–Crippen LogP) is 4.99. The van der Waals surface area contributed by atoms with Gasteiger partial charge in [-0.1, -0.05) is 24.0 Å². The molecule has 7 rings (SSSR count). The summed E-state index contributed by atoms with van der Waals surface area (Å²) in [4.78, 5) is 46.4. The summed E-state index contributed by atoms with van der Waals surface area (Å²) >= 11 is 0. The van der Waals surface area contributed by atoms with Gasteiger partial charge in [0.2, 0.25) is 33.7 Å². The second-order valence-electron chi connectivity index (χ2n) is 16.4. The van der Waals surface area contributed by atoms with E-state index in [-0.39, 0.29) is 90.9 Å². The smallest absolute Gasteiger partial charge is 0.389 e. The highest BCUT2D eigenvalue weighted by molar-refractivity contribution is 7.89. The van der Waals surface area contributed by atoms with Gasteiger partial charge >= 0.3 is 6.18 Å². The molecule has 3 saturated heterocycles. The van der Waals surface area contributed by atoms with Crippen molar-refractivity contribution < 1.29 is 50.2 Å². The second kappa shape index (κ2) is 18.5. The molecule has 5 heterocycles. The van der Waals surface area contributed by atoms with Crippen LogP contribution in [-0.4, -0.2) is 105 Å². The summed E-state index contributed by atoms with van der Waals surface area (Å²) in [6.07, 6.45) is 0.603. The van der Waals surface area contributed by atoms with Crippen LogP contribution in [0.3, 0.4) is 0 Å². The van der Waals surface area contributed by atoms with Crippen molar-refractivity contribution in [1.29, 1.82) is 0 Å². The highest BCUT2D eigenvalue weighted by atomic mass is 32.2. The number of aliphatic hydroxyl groups is 1. The molecule has 2 aromatic carbocycles. The zero-order valence-corrected chi connectivity index (χ0v) is 35.3. The molecule has 3 aliphatic rings. The summed E-state index contributed by atoms with van der Waals surface area (Å²) in [7, 11) is -4.17. The van der Waals surface area contributed by atoms with E-state index < -0.39 is 44.8 Å². The fraction of sp³-hybridized carbons (Fsp3) is 0.442. The molecule has 0 saturated carbocycles. The molecule has 0 radical (unpaired) electrons. The van der Waals surface area contributed by atoms with Crippen molar-refractivity contribution in [2.24, 2.45) is 5.92 Å². The van der Waals surface area contributed by atoms with Crippen molar-refractivity contribution in [1.82, 2.24) is 34.3 Å². The molecule has 4 aromatic rings. The third-order valence-electron chi connectivity index (χ3n) is 11.1. The first-order valence-electron chi connectivity index (χ1n) is 20.4. The van der Waals surface area contributed by atoms with Gasteiger partial charge in [-0.2, -0.15) is 22.6 Å². The number of carbonyl (C=O) groups is 3. The zero-order valence-electron chi connectivity index (χ0n) is 34.5. The first kappa shape index (κ1) is 45.3. The van der Waals surface area contributed by atoms with Crippen LogP contribution in [0.1, 0.15) is 75.0 Å². The molecule has 334 valence electrons. The minimum atomic E-state index is -4.83. The molecule has 0 aliphatic carbocycles. The van der Waals surface area contributed by atoms with Gasteiger partial charge in [0.1, 0.15) is 18.0 Å². The number of sulfonamides is 1. The molecule has 3 N–H and O–H groups in total. The third-order valence-corrected chi connectivity index (χ3v) is 13.0. The molecule has 1 atom stereocenters. The molecular weight excluding hydrogens is 849 g/mol. The number of hydrogen-bond acceptors (Lipinski definition) is 11. The van der Waals surface area contributed by atoms with Gasteiger partial charge in [-0.15, -0.1) is 0 Å². The number of alkyl halides is 3. The molecule has 0 bridgehead atoms. The van der Waals surface area contributed by atoms with Crippen LogP contribution in [0.15, 0.2) is 66.0 Å². The van der Waals surface area contributed by atoms with E-state index in [9.17, 15) is 41.1 Å². The molecule has 2 aromatic heterocycles. The van der Waals surface area contributed by atoms with Crippen LogP contribution in [0, 0.1) is 23.6 Å². The Balaban J connectivity index is 0.890. The number of aromatic nitrogens is 4. The molecule has 15 nitrogen and oxygen atoms in total. The Hall–Kier alpha value is -5.75. The minimum Gasteiger partial charge on any atom is -0.389 e. The number of ether oxygens (including phenoxy) is 1. The van der Waals surface area contributed by atoms with E-state index in [4.69, 9.17) is 4.74 Å². The number of halogens is 4. The SMILES string of the molecule is CC(C)(O)Cn1cc(-c2nc(Nc3ccc(S(=O)(=O)N4CCC(C(=O)N5CCC(OCC#Cc6cccc(C7CCC(=O)NC7=O)c6)CC5)CC4)cc3F)ncc2C(F)(F)F)cn1. The predicted molar refractivity (Wildman–Crippen MR) is 220 cm³/mol. The van der Waals surface area contributed by atoms with Crippen LogP contribution in [0.25, 0.3) is 11.3 Å². The Labute approximate surface area is 361 Å². The summed E-state index contributed by atoms with van der Waals surface area (Å²) in [5.41, 5.74) is -1.66. The fourth-order valence-corrected chi connectivity index (χ4v) is 9.33. The van der Waals surface area contributed by atoms with Crippen molar-refractivity contribution in [3.05, 3.63) is 83.6 Å². The molecular formula is C43H46F4N8O7S. The van der Waals surface area contributed by atoms with Gasteiger partial charge in [0.05, 0.1) is 46.6 Å². The molecule has 3 aliphatic heterocycles. The summed E-state index contributed by atoms with van der Waals surface area (Å²) in [6, 6.07) is 10.5. The number of benzene rings is 2. The molecule has 63 heavy (non-hydrogen) atoms. The van der Waals surface area contributed by atoms with Crippen LogP contribution in [0.2, 0.25) is 0 Å². The summed E-state index contributed by atoms with van der Waals surface area (Å²) in [5.74, 6) is 3.27. The van der Waals surface area contributed by atoms with Gasteiger partial charge in [-0.3, -0.25) is 24.4 Å². The maximum atomic E-state index is 15.4. The number of nitrogens with zero attached hydrogens (tertiary/aromatic N) is 6. The van der Waals surface area contributed by atoms with Crippen molar-refractivity contribution in [3.8, 4) is 23.1 Å². The number of likely N-dealkylation sites (tertiary alicyclic amines) is 1. The van der Waals surface area contributed by atoms with E-state index in [0.717, 1.165) is 29.5 Å². The van der Waals surface area contributed by atoms with Crippen LogP contribution in [0.5, 0.6) is 0 Å². The standard InChI is InChI=1S/C43H46F4N8O7S/c1-42(2,59)26-54-25-30(23-49-54)38-34(43(45,46)47)24-48-41(52-38)50-36-10-8-32(22-35(36)44)63(60,61)55-18-12-28(13-19-55)40(58)53-16-14-31(15-17-53)62-20-4-6-27-5-3-7-29(21-27)33-9-11-37(56)51-39(33)57/h3,5,7-8,10,21-25,28,31,33,59H,9,11-20,26H2,1-2H3,(H,48,50,52)(H,51,56,57). The van der Waals surface area contributed by atoms with Crippen LogP contribution in [-0.2, 0) is 41.9 Å². The van der Waals surface area contributed by atoms with E-state index in [1.54, 1.807) is 4.90 Å². The van der Waals surface area contributed by atoms with Gasteiger partial charge < -0.3 is 20.1 Å². The lowest BCUT2D eigenvalue weighted by atomic mass is 9.90. The average molecular weight is 895 g/mol. The number of anilines is 2. The summed E-state index contributed by atoms with van der Waals surface area (Å²) in [5, 5.41) is 19.0. The quantitative estimate of drug-likeness (QED) is 0.105. The van der Waals surface area contributed by atoms with Crippen LogP contribution in [0.4, 0.5) is 29.2 Å². The number of rotatable bonds is 11. The fourth-order valence-electron chi connectivity index (χ4n) is 7.85. The Morgan fingerprint density at radius 1 is 1.02 bits per heavy atom. The zero-order chi connectivity index (χ0) is 45.1. The second-order valence-corrected chi connectivity index (χ2v) is 18.3. The van der Waals surface area contributed by atoms with Gasteiger partial charge in [0.15, 0.2) is 0 Å². The number of carbonyl (C=O) groups excluding carboxylic acids is 3. The van der Waals surface area contributed by atoms with Crippen molar-refractivity contribution in [2.45, 2.75) is 87.6 Å². The normalized spacial score (nSPS) is 18.5. The lowest BCUT2D eigenvalue weighted by Crippen LogP contribution is -2.47. The van der Waals surface area contributed by atoms with Gasteiger partial charge in [-0.25, -0.2) is 22.8 Å². The molecule has 3 amide bonds. The number of hydrogen-bond donors (Lipinski definition) is 3. The minimum absolute atomic E-state index is 0.00698. The van der Waals surface area contributed by atoms with Gasteiger partial charge in [0, 0.05) is 62.0 Å². The Bertz CT molecular complexity index is 2540. The van der Waals surface area contributed by atoms with E-state index in [1.807, 2.05) is 24.3 Å². The van der Waals surface area contributed by atoms with Crippen molar-refractivity contribution in [2.75, 3.05) is 38.1 Å². The number of piperidine rings is 3. The maximum Gasteiger partial charge on any atom is 0.419 e. The summed E-state index contributed by atoms with van der Waals surface area (Å²) < 4.78 is 92.8. The van der Waals surface area contributed by atoms with Gasteiger partial charge in [-0.05, 0) is 81.8 Å². The lowest BCUT2D eigenvalue weighted by molar-refractivity contribution is -0.139. The first-order valence-corrected chi connectivity index (χ1v) is 21.9. The molecule has 3 fully saturated rings. The topological polar surface area (TPSA) is 189 Å². The van der Waals surface area contributed by atoms with Crippen molar-refractivity contribution >= 4 is 39.4 Å². The van der Waals surface area contributed by atoms with Crippen molar-refractivity contribution in [3.63, 3.8) is 0 Å². The maximum absolute atomic E-state index is 15.4. The molecule has 1 unspecified atom stereocenters. The van der Waals surface area contributed by atoms with E-state index in [2.05, 4.69) is 37.5 Å². The first-order chi connectivity index (χ1) is 29.8. The van der Waals surface area contributed by atoms with E-state index in [1.165, 1.54) is 35.1 Å². The molecule has 0 spiro atoms. The monoisotopic (exact) mass is 894 g/mol. The van der Waals surface area contributed by atoms with Gasteiger partial charge in [0.25, 0.3) is 0 Å². The number of amides is 3. The lowest BCUT2D eigenvalue weighted by Gasteiger charge is -2.36. The Kier molecular flexibility index (Phi) is 13.3. The Morgan fingerprint density at radius 2 is 1.76 bits per heavy atom.